The van der Waals surface area contributed by atoms with Crippen LogP contribution in [-0.2, 0) is 5.60 Å². The largest absolute Gasteiger partial charge is 0.384 e. The molecule has 21 heavy (non-hydrogen) atoms. The third-order valence-electron chi connectivity index (χ3n) is 3.59. The van der Waals surface area contributed by atoms with Gasteiger partial charge in [-0.1, -0.05) is 24.3 Å². The molecule has 112 valence electrons. The van der Waals surface area contributed by atoms with Gasteiger partial charge in [-0.3, -0.25) is 0 Å². The third-order valence-corrected chi connectivity index (χ3v) is 3.59. The topological polar surface area (TPSA) is 32.3 Å². The van der Waals surface area contributed by atoms with Crippen LogP contribution in [0.5, 0.6) is 0 Å². The molecule has 0 bridgehead atoms. The fraction of sp³-hybridized carbons (Fsp3) is 0.294. The molecule has 2 rings (SSSR count). The van der Waals surface area contributed by atoms with Crippen molar-refractivity contribution < 1.29 is 13.9 Å². The molecular weight excluding hydrogens is 272 g/mol. The zero-order chi connectivity index (χ0) is 15.5. The van der Waals surface area contributed by atoms with E-state index in [-0.39, 0.29) is 17.7 Å². The number of hydrogen-bond donors (Lipinski definition) is 2. The minimum Gasteiger partial charge on any atom is -0.384 e. The molecular formula is C17H19F2NO. The van der Waals surface area contributed by atoms with Crippen molar-refractivity contribution in [2.45, 2.75) is 25.5 Å². The molecule has 0 spiro atoms. The van der Waals surface area contributed by atoms with Crippen molar-refractivity contribution in [1.29, 1.82) is 0 Å². The number of hydrogen-bond acceptors (Lipinski definition) is 2. The van der Waals surface area contributed by atoms with Crippen LogP contribution in [0.1, 0.15) is 31.0 Å². The maximum absolute atomic E-state index is 12.9. The number of nitrogens with one attached hydrogen (secondary N) is 1. The Bertz CT molecular complexity index is 579. The van der Waals surface area contributed by atoms with Gasteiger partial charge in [0.1, 0.15) is 11.6 Å². The average molecular weight is 291 g/mol. The van der Waals surface area contributed by atoms with Gasteiger partial charge in [0.2, 0.25) is 0 Å². The number of benzene rings is 2. The lowest BCUT2D eigenvalue weighted by molar-refractivity contribution is 0.0543. The SMILES string of the molecule is CC(NCC(C)(O)c1ccc(F)cc1)c1ccc(F)cc1. The first-order valence-electron chi connectivity index (χ1n) is 6.86. The summed E-state index contributed by atoms with van der Waals surface area (Å²) < 4.78 is 25.8. The molecule has 0 radical (unpaired) electrons. The molecule has 0 aliphatic heterocycles. The van der Waals surface area contributed by atoms with E-state index in [4.69, 9.17) is 0 Å². The quantitative estimate of drug-likeness (QED) is 0.883. The molecule has 0 saturated heterocycles. The summed E-state index contributed by atoms with van der Waals surface area (Å²) in [5.41, 5.74) is 0.469. The average Bonchev–Trinajstić information content (AvgIpc) is 2.46. The van der Waals surface area contributed by atoms with Gasteiger partial charge in [-0.25, -0.2) is 8.78 Å². The molecule has 2 nitrogen and oxygen atoms in total. The highest BCUT2D eigenvalue weighted by Crippen LogP contribution is 2.21. The Kier molecular flexibility index (Phi) is 4.70. The van der Waals surface area contributed by atoms with Gasteiger partial charge in [0.15, 0.2) is 0 Å². The Morgan fingerprint density at radius 1 is 1.00 bits per heavy atom. The third kappa shape index (κ3) is 4.09. The van der Waals surface area contributed by atoms with Crippen LogP contribution in [0.4, 0.5) is 8.78 Å². The fourth-order valence-corrected chi connectivity index (χ4v) is 2.13. The molecule has 0 fully saturated rings. The van der Waals surface area contributed by atoms with E-state index in [0.29, 0.717) is 12.1 Å². The van der Waals surface area contributed by atoms with Crippen molar-refractivity contribution in [2.75, 3.05) is 6.54 Å². The molecule has 0 aromatic heterocycles. The van der Waals surface area contributed by atoms with Crippen molar-refractivity contribution >= 4 is 0 Å². The van der Waals surface area contributed by atoms with Gasteiger partial charge in [-0.15, -0.1) is 0 Å². The van der Waals surface area contributed by atoms with Gasteiger partial charge in [-0.2, -0.15) is 0 Å². The van der Waals surface area contributed by atoms with E-state index in [9.17, 15) is 13.9 Å². The van der Waals surface area contributed by atoms with Crippen LogP contribution in [0.2, 0.25) is 0 Å². The molecule has 2 unspecified atom stereocenters. The van der Waals surface area contributed by atoms with Gasteiger partial charge in [0.25, 0.3) is 0 Å². The number of aliphatic hydroxyl groups is 1. The van der Waals surface area contributed by atoms with Crippen LogP contribution >= 0.6 is 0 Å². The van der Waals surface area contributed by atoms with Gasteiger partial charge in [0.05, 0.1) is 5.60 Å². The van der Waals surface area contributed by atoms with E-state index in [1.165, 1.54) is 24.3 Å². The zero-order valence-electron chi connectivity index (χ0n) is 12.1. The summed E-state index contributed by atoms with van der Waals surface area (Å²) in [6.07, 6.45) is 0. The van der Waals surface area contributed by atoms with Crippen LogP contribution in [-0.4, -0.2) is 11.7 Å². The lowest BCUT2D eigenvalue weighted by atomic mass is 9.95. The van der Waals surface area contributed by atoms with Gasteiger partial charge in [0, 0.05) is 12.6 Å². The van der Waals surface area contributed by atoms with Gasteiger partial charge < -0.3 is 10.4 Å². The molecule has 2 atom stereocenters. The molecule has 4 heteroatoms. The van der Waals surface area contributed by atoms with Crippen molar-refractivity contribution in [3.8, 4) is 0 Å². The Labute approximate surface area is 123 Å². The zero-order valence-corrected chi connectivity index (χ0v) is 12.1. The summed E-state index contributed by atoms with van der Waals surface area (Å²) in [5, 5.41) is 13.7. The number of halogens is 2. The van der Waals surface area contributed by atoms with Crippen LogP contribution < -0.4 is 5.32 Å². The Balaban J connectivity index is 2.00. The first-order chi connectivity index (χ1) is 9.88. The minimum absolute atomic E-state index is 0.0301. The lowest BCUT2D eigenvalue weighted by Crippen LogP contribution is -2.36. The normalized spacial score (nSPS) is 15.5. The summed E-state index contributed by atoms with van der Waals surface area (Å²) in [7, 11) is 0. The maximum atomic E-state index is 12.9. The first-order valence-corrected chi connectivity index (χ1v) is 6.86. The molecule has 2 aromatic carbocycles. The summed E-state index contributed by atoms with van der Waals surface area (Å²) in [6.45, 7) is 3.91. The van der Waals surface area contributed by atoms with E-state index < -0.39 is 5.60 Å². The molecule has 2 N–H and O–H groups in total. The summed E-state index contributed by atoms with van der Waals surface area (Å²) >= 11 is 0. The fourth-order valence-electron chi connectivity index (χ4n) is 2.13. The maximum Gasteiger partial charge on any atom is 0.123 e. The van der Waals surface area contributed by atoms with Crippen molar-refractivity contribution in [1.82, 2.24) is 5.32 Å². The number of rotatable bonds is 5. The van der Waals surface area contributed by atoms with Crippen LogP contribution in [0, 0.1) is 11.6 Å². The molecule has 0 aliphatic carbocycles. The second-order valence-electron chi connectivity index (χ2n) is 5.43. The van der Waals surface area contributed by atoms with Crippen LogP contribution in [0.25, 0.3) is 0 Å². The minimum atomic E-state index is -1.11. The van der Waals surface area contributed by atoms with E-state index in [0.717, 1.165) is 5.56 Å². The van der Waals surface area contributed by atoms with Crippen LogP contribution in [0.3, 0.4) is 0 Å². The summed E-state index contributed by atoms with van der Waals surface area (Å²) in [4.78, 5) is 0. The van der Waals surface area contributed by atoms with Crippen molar-refractivity contribution in [3.63, 3.8) is 0 Å². The predicted octanol–water partition coefficient (Wildman–Crippen LogP) is 3.52. The Morgan fingerprint density at radius 2 is 1.48 bits per heavy atom. The molecule has 0 amide bonds. The second-order valence-corrected chi connectivity index (χ2v) is 5.43. The molecule has 2 aromatic rings. The smallest absolute Gasteiger partial charge is 0.123 e. The van der Waals surface area contributed by atoms with Crippen molar-refractivity contribution in [2.24, 2.45) is 0 Å². The second kappa shape index (κ2) is 6.33. The predicted molar refractivity (Wildman–Crippen MR) is 78.8 cm³/mol. The standard InChI is InChI=1S/C17H19F2NO/c1-12(13-3-7-15(18)8-4-13)20-11-17(2,21)14-5-9-16(19)10-6-14/h3-10,12,20-21H,11H2,1-2H3. The highest BCUT2D eigenvalue weighted by atomic mass is 19.1. The van der Waals surface area contributed by atoms with E-state index in [1.807, 2.05) is 6.92 Å². The van der Waals surface area contributed by atoms with Gasteiger partial charge in [-0.05, 0) is 49.2 Å². The monoisotopic (exact) mass is 291 g/mol. The van der Waals surface area contributed by atoms with E-state index >= 15 is 0 Å². The summed E-state index contributed by atoms with van der Waals surface area (Å²) in [6, 6.07) is 12.0. The molecule has 0 aliphatic rings. The Morgan fingerprint density at radius 3 is 2.00 bits per heavy atom. The van der Waals surface area contributed by atoms with Crippen LogP contribution in [0.15, 0.2) is 48.5 Å². The lowest BCUT2D eigenvalue weighted by Gasteiger charge is -2.26. The first kappa shape index (κ1) is 15.6. The van der Waals surface area contributed by atoms with Gasteiger partial charge >= 0.3 is 0 Å². The Hall–Kier alpha value is -1.78. The van der Waals surface area contributed by atoms with E-state index in [1.54, 1.807) is 31.2 Å². The molecule has 0 saturated carbocycles. The molecule has 0 heterocycles. The van der Waals surface area contributed by atoms with Crippen molar-refractivity contribution in [3.05, 3.63) is 71.3 Å². The highest BCUT2D eigenvalue weighted by molar-refractivity contribution is 5.23. The van der Waals surface area contributed by atoms with E-state index in [2.05, 4.69) is 5.32 Å². The summed E-state index contributed by atoms with van der Waals surface area (Å²) in [5.74, 6) is -0.605. The highest BCUT2D eigenvalue weighted by Gasteiger charge is 2.23.